The highest BCUT2D eigenvalue weighted by molar-refractivity contribution is 5.82. The van der Waals surface area contributed by atoms with Crippen LogP contribution in [0.1, 0.15) is 19.7 Å². The quantitative estimate of drug-likeness (QED) is 0.808. The van der Waals surface area contributed by atoms with Crippen LogP contribution in [0.2, 0.25) is 0 Å². The van der Waals surface area contributed by atoms with E-state index in [1.165, 1.54) is 0 Å². The molecule has 1 aliphatic heterocycles. The fourth-order valence-corrected chi connectivity index (χ4v) is 2.19. The molecule has 1 unspecified atom stereocenters. The zero-order valence-electron chi connectivity index (χ0n) is 11.6. The van der Waals surface area contributed by atoms with E-state index in [0.717, 1.165) is 5.82 Å². The molecule has 2 heterocycles. The molecule has 2 rings (SSSR count). The fraction of sp³-hybridized carbons (Fsp3) is 0.692. The topological polar surface area (TPSA) is 70.2 Å². The Bertz CT molecular complexity index is 385. The van der Waals surface area contributed by atoms with Crippen LogP contribution in [0.4, 0.5) is 0 Å². The fourth-order valence-electron chi connectivity index (χ4n) is 2.19. The second-order valence-corrected chi connectivity index (χ2v) is 5.08. The van der Waals surface area contributed by atoms with E-state index in [4.69, 9.17) is 4.74 Å². The number of carbonyl (C=O) groups excluding carboxylic acids is 1. The summed E-state index contributed by atoms with van der Waals surface area (Å²) in [6.45, 7) is 7.32. The lowest BCUT2D eigenvalue weighted by Crippen LogP contribution is -2.52. The predicted molar refractivity (Wildman–Crippen MR) is 71.5 cm³/mol. The Kier molecular flexibility index (Phi) is 4.93. The minimum atomic E-state index is -0.178. The van der Waals surface area contributed by atoms with Gasteiger partial charge in [0.1, 0.15) is 5.82 Å². The molecular weight excluding hydrogens is 244 g/mol. The number of hydrogen-bond donors (Lipinski definition) is 2. The van der Waals surface area contributed by atoms with Crippen LogP contribution in [-0.2, 0) is 16.1 Å². The smallest absolute Gasteiger partial charge is 0.240 e. The van der Waals surface area contributed by atoms with Crippen molar-refractivity contribution < 1.29 is 9.53 Å². The first-order valence-corrected chi connectivity index (χ1v) is 6.76. The third kappa shape index (κ3) is 3.78. The monoisotopic (exact) mass is 266 g/mol. The number of imidazole rings is 1. The van der Waals surface area contributed by atoms with Gasteiger partial charge in [-0.25, -0.2) is 4.98 Å². The van der Waals surface area contributed by atoms with E-state index in [-0.39, 0.29) is 17.9 Å². The third-order valence-electron chi connectivity index (χ3n) is 3.30. The van der Waals surface area contributed by atoms with Crippen LogP contribution in [0.5, 0.6) is 0 Å². The molecule has 0 aromatic carbocycles. The molecule has 19 heavy (non-hydrogen) atoms. The Morgan fingerprint density at radius 1 is 1.53 bits per heavy atom. The number of aromatic amines is 1. The van der Waals surface area contributed by atoms with Crippen molar-refractivity contribution in [1.82, 2.24) is 20.2 Å². The molecule has 2 N–H and O–H groups in total. The summed E-state index contributed by atoms with van der Waals surface area (Å²) in [7, 11) is 0. The molecule has 1 aliphatic rings. The molecule has 1 saturated heterocycles. The lowest BCUT2D eigenvalue weighted by atomic mass is 10.0. The Morgan fingerprint density at radius 2 is 2.26 bits per heavy atom. The van der Waals surface area contributed by atoms with E-state index < -0.39 is 0 Å². The number of nitrogens with one attached hydrogen (secondary N) is 2. The van der Waals surface area contributed by atoms with Gasteiger partial charge in [-0.1, -0.05) is 13.8 Å². The summed E-state index contributed by atoms with van der Waals surface area (Å²) in [4.78, 5) is 21.5. The highest BCUT2D eigenvalue weighted by atomic mass is 16.5. The van der Waals surface area contributed by atoms with Crippen LogP contribution in [0.25, 0.3) is 0 Å². The molecule has 6 heteroatoms. The second kappa shape index (κ2) is 6.68. The van der Waals surface area contributed by atoms with Crippen molar-refractivity contribution in [1.29, 1.82) is 0 Å². The molecule has 0 bridgehead atoms. The highest BCUT2D eigenvalue weighted by Gasteiger charge is 2.27. The molecule has 0 saturated carbocycles. The van der Waals surface area contributed by atoms with E-state index in [0.29, 0.717) is 32.8 Å². The Labute approximate surface area is 113 Å². The van der Waals surface area contributed by atoms with Gasteiger partial charge in [-0.2, -0.15) is 0 Å². The van der Waals surface area contributed by atoms with Crippen molar-refractivity contribution >= 4 is 5.91 Å². The van der Waals surface area contributed by atoms with Crippen molar-refractivity contribution in [2.75, 3.05) is 26.3 Å². The maximum atomic E-state index is 12.5. The highest BCUT2D eigenvalue weighted by Crippen LogP contribution is 2.09. The van der Waals surface area contributed by atoms with Crippen LogP contribution < -0.4 is 5.32 Å². The maximum Gasteiger partial charge on any atom is 0.240 e. The van der Waals surface area contributed by atoms with Gasteiger partial charge < -0.3 is 14.6 Å². The SMILES string of the molecule is CC(C)C(NCc1ncc[nH]1)C(=O)N1CCOCC1. The van der Waals surface area contributed by atoms with Crippen molar-refractivity contribution in [3.63, 3.8) is 0 Å². The molecule has 6 nitrogen and oxygen atoms in total. The van der Waals surface area contributed by atoms with Crippen molar-refractivity contribution in [2.45, 2.75) is 26.4 Å². The molecule has 1 amide bonds. The van der Waals surface area contributed by atoms with Crippen LogP contribution in [0.15, 0.2) is 12.4 Å². The molecule has 1 atom stereocenters. The predicted octanol–water partition coefficient (Wildman–Crippen LogP) is 0.383. The van der Waals surface area contributed by atoms with Gasteiger partial charge in [0.25, 0.3) is 0 Å². The number of hydrogen-bond acceptors (Lipinski definition) is 4. The number of carbonyl (C=O) groups is 1. The summed E-state index contributed by atoms with van der Waals surface area (Å²) in [5.41, 5.74) is 0. The third-order valence-corrected chi connectivity index (χ3v) is 3.30. The Hall–Kier alpha value is -1.40. The maximum absolute atomic E-state index is 12.5. The number of morpholine rings is 1. The number of ether oxygens (including phenoxy) is 1. The van der Waals surface area contributed by atoms with Gasteiger partial charge in [0.05, 0.1) is 25.8 Å². The largest absolute Gasteiger partial charge is 0.378 e. The van der Waals surface area contributed by atoms with E-state index in [1.807, 2.05) is 4.90 Å². The van der Waals surface area contributed by atoms with Crippen LogP contribution in [0, 0.1) is 5.92 Å². The summed E-state index contributed by atoms with van der Waals surface area (Å²) >= 11 is 0. The minimum Gasteiger partial charge on any atom is -0.378 e. The molecule has 1 aromatic rings. The Balaban J connectivity index is 1.92. The van der Waals surface area contributed by atoms with Gasteiger partial charge in [0.15, 0.2) is 0 Å². The molecule has 0 aliphatic carbocycles. The van der Waals surface area contributed by atoms with E-state index in [2.05, 4.69) is 29.1 Å². The standard InChI is InChI=1S/C13H22N4O2/c1-10(2)12(16-9-11-14-3-4-15-11)13(18)17-5-7-19-8-6-17/h3-4,10,12,16H,5-9H2,1-2H3,(H,14,15). The zero-order chi connectivity index (χ0) is 13.7. The van der Waals surface area contributed by atoms with E-state index >= 15 is 0 Å². The molecule has 0 radical (unpaired) electrons. The first-order valence-electron chi connectivity index (χ1n) is 6.76. The van der Waals surface area contributed by atoms with Gasteiger partial charge in [-0.15, -0.1) is 0 Å². The van der Waals surface area contributed by atoms with Gasteiger partial charge in [0.2, 0.25) is 5.91 Å². The summed E-state index contributed by atoms with van der Waals surface area (Å²) in [6, 6.07) is -0.178. The summed E-state index contributed by atoms with van der Waals surface area (Å²) in [6.07, 6.45) is 3.50. The minimum absolute atomic E-state index is 0.157. The number of amides is 1. The normalized spacial score (nSPS) is 17.7. The number of aromatic nitrogens is 2. The van der Waals surface area contributed by atoms with Crippen molar-refractivity contribution in [3.8, 4) is 0 Å². The average molecular weight is 266 g/mol. The second-order valence-electron chi connectivity index (χ2n) is 5.08. The molecule has 0 spiro atoms. The summed E-state index contributed by atoms with van der Waals surface area (Å²) < 4.78 is 5.28. The molecule has 106 valence electrons. The number of rotatable bonds is 5. The van der Waals surface area contributed by atoms with E-state index in [9.17, 15) is 4.79 Å². The van der Waals surface area contributed by atoms with Gasteiger partial charge in [-0.05, 0) is 5.92 Å². The lowest BCUT2D eigenvalue weighted by molar-refractivity contribution is -0.138. The van der Waals surface area contributed by atoms with E-state index in [1.54, 1.807) is 12.4 Å². The molecule has 1 aromatic heterocycles. The van der Waals surface area contributed by atoms with Crippen LogP contribution in [-0.4, -0.2) is 53.1 Å². The number of nitrogens with zero attached hydrogens (tertiary/aromatic N) is 2. The first-order chi connectivity index (χ1) is 9.18. The Morgan fingerprint density at radius 3 is 2.84 bits per heavy atom. The molecular formula is C13H22N4O2. The van der Waals surface area contributed by atoms with Crippen molar-refractivity contribution in [2.24, 2.45) is 5.92 Å². The van der Waals surface area contributed by atoms with Crippen molar-refractivity contribution in [3.05, 3.63) is 18.2 Å². The van der Waals surface area contributed by atoms with Crippen LogP contribution >= 0.6 is 0 Å². The lowest BCUT2D eigenvalue weighted by Gasteiger charge is -2.32. The summed E-state index contributed by atoms with van der Waals surface area (Å²) in [5, 5.41) is 3.29. The summed E-state index contributed by atoms with van der Waals surface area (Å²) in [5.74, 6) is 1.25. The molecule has 1 fully saturated rings. The van der Waals surface area contributed by atoms with Gasteiger partial charge in [0, 0.05) is 25.5 Å². The first kappa shape index (κ1) is 14.0. The average Bonchev–Trinajstić information content (AvgIpc) is 2.92. The number of H-pyrrole nitrogens is 1. The van der Waals surface area contributed by atoms with Gasteiger partial charge in [-0.3, -0.25) is 10.1 Å². The zero-order valence-corrected chi connectivity index (χ0v) is 11.6. The van der Waals surface area contributed by atoms with Crippen LogP contribution in [0.3, 0.4) is 0 Å². The van der Waals surface area contributed by atoms with Gasteiger partial charge >= 0.3 is 0 Å².